The van der Waals surface area contributed by atoms with E-state index in [-0.39, 0.29) is 11.7 Å². The van der Waals surface area contributed by atoms with Gasteiger partial charge in [-0.1, -0.05) is 23.7 Å². The molecule has 0 aromatic heterocycles. The lowest BCUT2D eigenvalue weighted by Gasteiger charge is -2.32. The minimum atomic E-state index is -0.635. The molecule has 0 radical (unpaired) electrons. The monoisotopic (exact) mass is 531 g/mol. The lowest BCUT2D eigenvalue weighted by Crippen LogP contribution is -2.39. The van der Waals surface area contributed by atoms with Gasteiger partial charge in [0, 0.05) is 44.7 Å². The molecular weight excluding hydrogens is 501 g/mol. The van der Waals surface area contributed by atoms with Gasteiger partial charge < -0.3 is 15.1 Å². The van der Waals surface area contributed by atoms with E-state index in [0.29, 0.717) is 48.2 Å². The predicted octanol–water partition coefficient (Wildman–Crippen LogP) is 4.16. The fourth-order valence-corrected chi connectivity index (χ4v) is 5.57. The smallest absolute Gasteiger partial charge is 0.288 e. The Bertz CT molecular complexity index is 1140. The van der Waals surface area contributed by atoms with Gasteiger partial charge in [0.15, 0.2) is 0 Å². The summed E-state index contributed by atoms with van der Waals surface area (Å²) in [6, 6.07) is 10.0. The highest BCUT2D eigenvalue weighted by Gasteiger charge is 2.37. The molecule has 2 aromatic carbocycles. The zero-order valence-electron chi connectivity index (χ0n) is 20.6. The summed E-state index contributed by atoms with van der Waals surface area (Å²) < 4.78 is 13.2. The molecule has 2 aromatic rings. The van der Waals surface area contributed by atoms with Crippen LogP contribution < -0.4 is 10.2 Å². The van der Waals surface area contributed by atoms with Gasteiger partial charge >= 0.3 is 0 Å². The van der Waals surface area contributed by atoms with Crippen LogP contribution in [0.4, 0.5) is 10.1 Å². The van der Waals surface area contributed by atoms with Crippen LogP contribution in [0.15, 0.2) is 36.4 Å². The van der Waals surface area contributed by atoms with Gasteiger partial charge in [-0.2, -0.15) is 11.8 Å². The van der Waals surface area contributed by atoms with Crippen molar-refractivity contribution in [3.05, 3.63) is 63.9 Å². The average Bonchev–Trinajstić information content (AvgIpc) is 3.19. The van der Waals surface area contributed by atoms with Crippen molar-refractivity contribution in [1.82, 2.24) is 10.2 Å². The summed E-state index contributed by atoms with van der Waals surface area (Å²) in [6.07, 6.45) is 4.50. The van der Waals surface area contributed by atoms with E-state index in [9.17, 15) is 18.8 Å². The zero-order valence-corrected chi connectivity index (χ0v) is 22.1. The number of nitrogens with one attached hydrogen (secondary N) is 1. The number of likely N-dealkylation sites (N-methyl/N-ethyl adjacent to an activating group) is 1. The number of hydrogen-bond acceptors (Lipinski definition) is 5. The summed E-state index contributed by atoms with van der Waals surface area (Å²) in [5, 5.41) is 3.03. The number of benzene rings is 2. The molecule has 4 rings (SSSR count). The lowest BCUT2D eigenvalue weighted by molar-refractivity contribution is -0.138. The van der Waals surface area contributed by atoms with Crippen LogP contribution in [-0.4, -0.2) is 67.7 Å². The third kappa shape index (κ3) is 5.86. The molecule has 1 fully saturated rings. The Morgan fingerprint density at radius 2 is 1.83 bits per heavy atom. The molecule has 1 unspecified atom stereocenters. The van der Waals surface area contributed by atoms with E-state index in [0.717, 1.165) is 36.3 Å². The molecule has 2 aliphatic rings. The SMILES string of the molecule is CSCCNC(=O)C(=O)C1CN(C)c2cc(Cl)c(C(=O)N3CCC(Cc4ccc(F)cc4)CC3)cc21. The van der Waals surface area contributed by atoms with Gasteiger partial charge in [0.1, 0.15) is 5.82 Å². The highest BCUT2D eigenvalue weighted by molar-refractivity contribution is 7.98. The van der Waals surface area contributed by atoms with E-state index >= 15 is 0 Å². The fourth-order valence-electron chi connectivity index (χ4n) is 5.02. The summed E-state index contributed by atoms with van der Waals surface area (Å²) in [5.74, 6) is -0.968. The number of hydrogen-bond donors (Lipinski definition) is 1. The van der Waals surface area contributed by atoms with Gasteiger partial charge in [0.05, 0.1) is 16.5 Å². The predicted molar refractivity (Wildman–Crippen MR) is 143 cm³/mol. The number of thioether (sulfide) groups is 1. The first-order valence-electron chi connectivity index (χ1n) is 12.2. The number of Topliss-reactive ketones (excluding diaryl/α,β-unsaturated/α-hetero) is 1. The van der Waals surface area contributed by atoms with Crippen molar-refractivity contribution in [2.75, 3.05) is 50.1 Å². The second-order valence-electron chi connectivity index (χ2n) is 9.50. The normalized spacial score (nSPS) is 17.7. The highest BCUT2D eigenvalue weighted by Crippen LogP contribution is 2.40. The van der Waals surface area contributed by atoms with E-state index in [4.69, 9.17) is 11.6 Å². The van der Waals surface area contributed by atoms with Crippen LogP contribution in [0.5, 0.6) is 0 Å². The van der Waals surface area contributed by atoms with Gasteiger partial charge in [-0.15, -0.1) is 0 Å². The van der Waals surface area contributed by atoms with Crippen LogP contribution in [0.3, 0.4) is 0 Å². The second-order valence-corrected chi connectivity index (χ2v) is 10.9. The Labute approximate surface area is 220 Å². The third-order valence-electron chi connectivity index (χ3n) is 7.06. The number of piperidine rings is 1. The number of amides is 2. The average molecular weight is 532 g/mol. The molecule has 1 atom stereocenters. The van der Waals surface area contributed by atoms with Crippen molar-refractivity contribution < 1.29 is 18.8 Å². The quantitative estimate of drug-likeness (QED) is 0.409. The van der Waals surface area contributed by atoms with Crippen LogP contribution in [0.1, 0.15) is 40.2 Å². The number of halogens is 2. The molecular formula is C27H31ClFN3O3S. The number of rotatable bonds is 8. The molecule has 0 spiro atoms. The number of carbonyl (C=O) groups is 3. The van der Waals surface area contributed by atoms with Crippen LogP contribution >= 0.6 is 23.4 Å². The Morgan fingerprint density at radius 1 is 1.14 bits per heavy atom. The maximum atomic E-state index is 13.4. The first-order valence-corrected chi connectivity index (χ1v) is 13.9. The summed E-state index contributed by atoms with van der Waals surface area (Å²) in [6.45, 7) is 2.02. The molecule has 2 aliphatic heterocycles. The fraction of sp³-hybridized carbons (Fsp3) is 0.444. The molecule has 0 aliphatic carbocycles. The molecule has 2 heterocycles. The minimum absolute atomic E-state index is 0.159. The van der Waals surface area contributed by atoms with Crippen LogP contribution in [0.25, 0.3) is 0 Å². The van der Waals surface area contributed by atoms with Crippen LogP contribution in [0.2, 0.25) is 5.02 Å². The first kappa shape index (κ1) is 26.5. The maximum absolute atomic E-state index is 13.4. The summed E-state index contributed by atoms with van der Waals surface area (Å²) in [7, 11) is 1.85. The molecule has 6 nitrogen and oxygen atoms in total. The third-order valence-corrected chi connectivity index (χ3v) is 7.99. The van der Waals surface area contributed by atoms with Crippen molar-refractivity contribution in [3.8, 4) is 0 Å². The zero-order chi connectivity index (χ0) is 25.8. The van der Waals surface area contributed by atoms with Gasteiger partial charge in [-0.25, -0.2) is 4.39 Å². The lowest BCUT2D eigenvalue weighted by atomic mass is 9.89. The number of ketones is 1. The van der Waals surface area contributed by atoms with Crippen molar-refractivity contribution in [2.45, 2.75) is 25.2 Å². The molecule has 1 saturated heterocycles. The Morgan fingerprint density at radius 3 is 2.50 bits per heavy atom. The van der Waals surface area contributed by atoms with Gasteiger partial charge in [0.25, 0.3) is 11.8 Å². The number of fused-ring (bicyclic) bond motifs is 1. The van der Waals surface area contributed by atoms with Crippen molar-refractivity contribution >= 4 is 46.6 Å². The minimum Gasteiger partial charge on any atom is -0.373 e. The molecule has 0 bridgehead atoms. The molecule has 9 heteroatoms. The van der Waals surface area contributed by atoms with E-state index in [1.54, 1.807) is 28.8 Å². The van der Waals surface area contributed by atoms with E-state index in [1.807, 2.05) is 30.3 Å². The van der Waals surface area contributed by atoms with E-state index in [1.165, 1.54) is 12.1 Å². The van der Waals surface area contributed by atoms with Crippen LogP contribution in [-0.2, 0) is 16.0 Å². The van der Waals surface area contributed by atoms with Crippen LogP contribution in [0, 0.1) is 11.7 Å². The number of carbonyl (C=O) groups excluding carboxylic acids is 3. The van der Waals surface area contributed by atoms with E-state index in [2.05, 4.69) is 5.32 Å². The molecule has 1 N–H and O–H groups in total. The van der Waals surface area contributed by atoms with Gasteiger partial charge in [0.2, 0.25) is 5.78 Å². The molecule has 192 valence electrons. The number of nitrogens with zero attached hydrogens (tertiary/aromatic N) is 2. The topological polar surface area (TPSA) is 69.7 Å². The van der Waals surface area contributed by atoms with E-state index < -0.39 is 17.6 Å². The Balaban J connectivity index is 1.44. The molecule has 0 saturated carbocycles. The number of likely N-dealkylation sites (tertiary alicyclic amines) is 1. The second kappa shape index (κ2) is 11.6. The summed E-state index contributed by atoms with van der Waals surface area (Å²) in [4.78, 5) is 42.5. The summed E-state index contributed by atoms with van der Waals surface area (Å²) in [5.41, 5.74) is 2.90. The molecule has 2 amide bonds. The van der Waals surface area contributed by atoms with Crippen molar-refractivity contribution in [1.29, 1.82) is 0 Å². The van der Waals surface area contributed by atoms with Gasteiger partial charge in [-0.3, -0.25) is 14.4 Å². The van der Waals surface area contributed by atoms with Crippen molar-refractivity contribution in [3.63, 3.8) is 0 Å². The largest absolute Gasteiger partial charge is 0.373 e. The maximum Gasteiger partial charge on any atom is 0.288 e. The first-order chi connectivity index (χ1) is 17.3. The standard InChI is InChI=1S/C27H31ClFN3O3S/c1-31-16-22(25(33)26(34)30-9-12-36-2)20-14-21(23(28)15-24(20)31)27(35)32-10-7-18(8-11-32)13-17-3-5-19(29)6-4-17/h3-6,14-15,18,22H,7-13,16H2,1-2H3,(H,30,34). The Hall–Kier alpha value is -2.58. The number of anilines is 1. The highest BCUT2D eigenvalue weighted by atomic mass is 35.5. The van der Waals surface area contributed by atoms with Crippen molar-refractivity contribution in [2.24, 2.45) is 5.92 Å². The Kier molecular flexibility index (Phi) is 8.57. The van der Waals surface area contributed by atoms with Gasteiger partial charge in [-0.05, 0) is 66.8 Å². The molecule has 36 heavy (non-hydrogen) atoms. The summed E-state index contributed by atoms with van der Waals surface area (Å²) >= 11 is 8.13.